The largest absolute Gasteiger partial charge is 0.508 e. The molecule has 0 aliphatic carbocycles. The van der Waals surface area contributed by atoms with Crippen LogP contribution in [0.5, 0.6) is 11.5 Å². The van der Waals surface area contributed by atoms with Gasteiger partial charge in [0.2, 0.25) is 0 Å². The van der Waals surface area contributed by atoms with Crippen LogP contribution in [0.25, 0.3) is 0 Å². The molecule has 0 aliphatic rings. The van der Waals surface area contributed by atoms with Gasteiger partial charge >= 0.3 is 0 Å². The Morgan fingerprint density at radius 1 is 0.875 bits per heavy atom. The van der Waals surface area contributed by atoms with Crippen LogP contribution in [0.3, 0.4) is 0 Å². The van der Waals surface area contributed by atoms with Gasteiger partial charge in [-0.25, -0.2) is 0 Å². The number of nitrogens with one attached hydrogen (secondary N) is 1. The fourth-order valence-corrected chi connectivity index (χ4v) is 1.43. The third-order valence-electron chi connectivity index (χ3n) is 2.28. The number of rotatable bonds is 3. The van der Waals surface area contributed by atoms with Gasteiger partial charge in [-0.1, -0.05) is 18.2 Å². The van der Waals surface area contributed by atoms with Crippen molar-refractivity contribution in [3.05, 3.63) is 54.1 Å². The van der Waals surface area contributed by atoms with Crippen LogP contribution in [0.1, 0.15) is 5.56 Å². The van der Waals surface area contributed by atoms with Gasteiger partial charge in [-0.05, 0) is 29.8 Å². The Kier molecular flexibility index (Phi) is 2.96. The van der Waals surface area contributed by atoms with Crippen LogP contribution < -0.4 is 5.32 Å². The van der Waals surface area contributed by atoms with E-state index in [4.69, 9.17) is 5.11 Å². The molecule has 3 nitrogen and oxygen atoms in total. The molecule has 0 bridgehead atoms. The second-order valence-corrected chi connectivity index (χ2v) is 3.57. The average molecular weight is 215 g/mol. The number of hydrogen-bond donors (Lipinski definition) is 3. The molecule has 0 saturated carbocycles. The number of hydrogen-bond acceptors (Lipinski definition) is 3. The summed E-state index contributed by atoms with van der Waals surface area (Å²) < 4.78 is 0. The van der Waals surface area contributed by atoms with Crippen molar-refractivity contribution in [3.8, 4) is 11.5 Å². The normalized spacial score (nSPS) is 10.0. The van der Waals surface area contributed by atoms with E-state index in [9.17, 15) is 5.11 Å². The molecule has 0 heterocycles. The van der Waals surface area contributed by atoms with Gasteiger partial charge in [0.05, 0.1) is 0 Å². The lowest BCUT2D eigenvalue weighted by Crippen LogP contribution is -1.98. The molecule has 0 atom stereocenters. The van der Waals surface area contributed by atoms with E-state index in [1.807, 2.05) is 18.2 Å². The SMILES string of the molecule is Oc1ccc(CNc2cccc(O)c2)cc1. The molecule has 0 unspecified atom stereocenters. The van der Waals surface area contributed by atoms with E-state index >= 15 is 0 Å². The molecule has 0 aromatic heterocycles. The maximum atomic E-state index is 9.27. The van der Waals surface area contributed by atoms with E-state index in [1.165, 1.54) is 0 Å². The quantitative estimate of drug-likeness (QED) is 0.737. The first-order valence-corrected chi connectivity index (χ1v) is 5.05. The van der Waals surface area contributed by atoms with Crippen molar-refractivity contribution < 1.29 is 10.2 Å². The molecule has 2 rings (SSSR count). The highest BCUT2D eigenvalue weighted by molar-refractivity contribution is 5.48. The van der Waals surface area contributed by atoms with E-state index in [2.05, 4.69) is 5.32 Å². The monoisotopic (exact) mass is 215 g/mol. The standard InChI is InChI=1S/C13H13NO2/c15-12-6-4-10(5-7-12)9-14-11-2-1-3-13(16)8-11/h1-8,14-16H,9H2. The van der Waals surface area contributed by atoms with Crippen LogP contribution in [-0.4, -0.2) is 10.2 Å². The third kappa shape index (κ3) is 2.67. The lowest BCUT2D eigenvalue weighted by molar-refractivity contribution is 0.475. The predicted octanol–water partition coefficient (Wildman–Crippen LogP) is 2.71. The van der Waals surface area contributed by atoms with Crippen LogP contribution in [0.15, 0.2) is 48.5 Å². The zero-order valence-electron chi connectivity index (χ0n) is 8.72. The maximum absolute atomic E-state index is 9.27. The number of aromatic hydroxyl groups is 2. The highest BCUT2D eigenvalue weighted by atomic mass is 16.3. The molecule has 0 amide bonds. The van der Waals surface area contributed by atoms with Crippen molar-refractivity contribution in [2.75, 3.05) is 5.32 Å². The Hall–Kier alpha value is -2.16. The first kappa shape index (κ1) is 10.4. The van der Waals surface area contributed by atoms with Gasteiger partial charge in [0.15, 0.2) is 0 Å². The maximum Gasteiger partial charge on any atom is 0.117 e. The lowest BCUT2D eigenvalue weighted by atomic mass is 10.2. The van der Waals surface area contributed by atoms with E-state index < -0.39 is 0 Å². The van der Waals surface area contributed by atoms with Gasteiger partial charge < -0.3 is 15.5 Å². The van der Waals surface area contributed by atoms with Crippen molar-refractivity contribution >= 4 is 5.69 Å². The summed E-state index contributed by atoms with van der Waals surface area (Å²) in [5, 5.41) is 21.6. The summed E-state index contributed by atoms with van der Waals surface area (Å²) in [6, 6.07) is 14.0. The van der Waals surface area contributed by atoms with Gasteiger partial charge in [0, 0.05) is 18.3 Å². The Morgan fingerprint density at radius 2 is 1.62 bits per heavy atom. The lowest BCUT2D eigenvalue weighted by Gasteiger charge is -2.06. The van der Waals surface area contributed by atoms with Crippen molar-refractivity contribution in [1.82, 2.24) is 0 Å². The summed E-state index contributed by atoms with van der Waals surface area (Å²) in [5.74, 6) is 0.511. The predicted molar refractivity (Wildman–Crippen MR) is 63.5 cm³/mol. The van der Waals surface area contributed by atoms with Crippen LogP contribution in [-0.2, 0) is 6.54 Å². The summed E-state index contributed by atoms with van der Waals surface area (Å²) in [6.07, 6.45) is 0. The second-order valence-electron chi connectivity index (χ2n) is 3.57. The van der Waals surface area contributed by atoms with Gasteiger partial charge in [0.25, 0.3) is 0 Å². The number of anilines is 1. The molecule has 16 heavy (non-hydrogen) atoms. The Labute approximate surface area is 94.0 Å². The summed E-state index contributed by atoms with van der Waals surface area (Å²) in [6.45, 7) is 0.656. The zero-order chi connectivity index (χ0) is 11.4. The summed E-state index contributed by atoms with van der Waals surface area (Å²) in [5.41, 5.74) is 1.94. The van der Waals surface area contributed by atoms with Crippen LogP contribution in [0, 0.1) is 0 Å². The highest BCUT2D eigenvalue weighted by Gasteiger charge is 1.95. The minimum Gasteiger partial charge on any atom is -0.508 e. The van der Waals surface area contributed by atoms with Crippen LogP contribution >= 0.6 is 0 Å². The molecule has 3 N–H and O–H groups in total. The van der Waals surface area contributed by atoms with E-state index in [0.29, 0.717) is 6.54 Å². The molecular weight excluding hydrogens is 202 g/mol. The van der Waals surface area contributed by atoms with Crippen molar-refractivity contribution in [2.45, 2.75) is 6.54 Å². The zero-order valence-corrected chi connectivity index (χ0v) is 8.72. The first-order valence-electron chi connectivity index (χ1n) is 5.05. The van der Waals surface area contributed by atoms with Gasteiger partial charge in [0.1, 0.15) is 11.5 Å². The molecule has 2 aromatic rings. The van der Waals surface area contributed by atoms with E-state index in [1.54, 1.807) is 30.3 Å². The molecule has 2 aromatic carbocycles. The fourth-order valence-electron chi connectivity index (χ4n) is 1.43. The van der Waals surface area contributed by atoms with Gasteiger partial charge in [-0.2, -0.15) is 0 Å². The Morgan fingerprint density at radius 3 is 2.31 bits per heavy atom. The number of phenols is 2. The number of benzene rings is 2. The van der Waals surface area contributed by atoms with Crippen molar-refractivity contribution in [1.29, 1.82) is 0 Å². The molecule has 0 spiro atoms. The Balaban J connectivity index is 1.99. The van der Waals surface area contributed by atoms with Crippen molar-refractivity contribution in [2.24, 2.45) is 0 Å². The summed E-state index contributed by atoms with van der Waals surface area (Å²) >= 11 is 0. The molecule has 82 valence electrons. The first-order chi connectivity index (χ1) is 7.74. The van der Waals surface area contributed by atoms with Crippen LogP contribution in [0.2, 0.25) is 0 Å². The Bertz CT molecular complexity index is 466. The number of phenolic OH excluding ortho intramolecular Hbond substituents is 2. The molecule has 0 fully saturated rings. The molecule has 3 heteroatoms. The van der Waals surface area contributed by atoms with Gasteiger partial charge in [-0.15, -0.1) is 0 Å². The minimum absolute atomic E-state index is 0.246. The topological polar surface area (TPSA) is 52.5 Å². The molecule has 0 saturated heterocycles. The molecule has 0 aliphatic heterocycles. The fraction of sp³-hybridized carbons (Fsp3) is 0.0769. The average Bonchev–Trinajstić information content (AvgIpc) is 2.28. The summed E-state index contributed by atoms with van der Waals surface area (Å²) in [7, 11) is 0. The van der Waals surface area contributed by atoms with Crippen LogP contribution in [0.4, 0.5) is 5.69 Å². The van der Waals surface area contributed by atoms with Gasteiger partial charge in [-0.3, -0.25) is 0 Å². The van der Waals surface area contributed by atoms with E-state index in [0.717, 1.165) is 11.3 Å². The van der Waals surface area contributed by atoms with E-state index in [-0.39, 0.29) is 11.5 Å². The molecular formula is C13H13NO2. The summed E-state index contributed by atoms with van der Waals surface area (Å²) in [4.78, 5) is 0. The second kappa shape index (κ2) is 4.57. The minimum atomic E-state index is 0.246. The third-order valence-corrected chi connectivity index (χ3v) is 2.28. The molecule has 0 radical (unpaired) electrons. The van der Waals surface area contributed by atoms with Crippen molar-refractivity contribution in [3.63, 3.8) is 0 Å². The smallest absolute Gasteiger partial charge is 0.117 e. The highest BCUT2D eigenvalue weighted by Crippen LogP contribution is 2.17.